The van der Waals surface area contributed by atoms with Crippen molar-refractivity contribution < 1.29 is 4.52 Å². The third-order valence-corrected chi connectivity index (χ3v) is 2.77. The molecule has 0 unspecified atom stereocenters. The first kappa shape index (κ1) is 8.38. The van der Waals surface area contributed by atoms with E-state index >= 15 is 0 Å². The zero-order valence-electron chi connectivity index (χ0n) is 8.02. The highest BCUT2D eigenvalue weighted by molar-refractivity contribution is 5.03. The summed E-state index contributed by atoms with van der Waals surface area (Å²) >= 11 is 0. The molecule has 0 atom stereocenters. The first-order valence-electron chi connectivity index (χ1n) is 5.11. The maximum atomic E-state index is 5.68. The van der Waals surface area contributed by atoms with Gasteiger partial charge in [-0.1, -0.05) is 5.16 Å². The lowest BCUT2D eigenvalue weighted by Crippen LogP contribution is -2.54. The minimum atomic E-state index is 0.334. The Hall–Kier alpha value is -0.940. The number of likely N-dealkylation sites (tertiary alicyclic amines) is 1. The fraction of sp³-hybridized carbons (Fsp3) is 0.778. The molecule has 0 radical (unpaired) electrons. The molecule has 2 aliphatic rings. The summed E-state index contributed by atoms with van der Waals surface area (Å²) in [6, 6.07) is 0.334. The maximum absolute atomic E-state index is 5.68. The minimum absolute atomic E-state index is 0.334. The topological polar surface area (TPSA) is 68.2 Å². The van der Waals surface area contributed by atoms with Gasteiger partial charge in [0.05, 0.1) is 6.54 Å². The summed E-state index contributed by atoms with van der Waals surface area (Å²) in [5, 5.41) is 3.96. The molecular formula is C9H14N4O. The van der Waals surface area contributed by atoms with Gasteiger partial charge >= 0.3 is 0 Å². The molecule has 76 valence electrons. The predicted molar refractivity (Wildman–Crippen MR) is 49.5 cm³/mol. The highest BCUT2D eigenvalue weighted by Crippen LogP contribution is 2.38. The first-order chi connectivity index (χ1) is 6.81. The van der Waals surface area contributed by atoms with Crippen LogP contribution in [0.15, 0.2) is 4.52 Å². The van der Waals surface area contributed by atoms with Crippen molar-refractivity contribution >= 4 is 0 Å². The van der Waals surface area contributed by atoms with E-state index in [-0.39, 0.29) is 0 Å². The lowest BCUT2D eigenvalue weighted by atomic mass is 10.1. The zero-order chi connectivity index (χ0) is 9.54. The van der Waals surface area contributed by atoms with Crippen molar-refractivity contribution in [2.24, 2.45) is 5.73 Å². The molecular weight excluding hydrogens is 180 g/mol. The molecule has 3 rings (SSSR count). The van der Waals surface area contributed by atoms with Gasteiger partial charge in [-0.3, -0.25) is 4.90 Å². The molecule has 5 heteroatoms. The molecule has 2 fully saturated rings. The van der Waals surface area contributed by atoms with Crippen LogP contribution < -0.4 is 5.73 Å². The molecule has 0 spiro atoms. The molecule has 0 amide bonds. The third kappa shape index (κ3) is 1.53. The summed E-state index contributed by atoms with van der Waals surface area (Å²) in [5.74, 6) is 2.20. The van der Waals surface area contributed by atoms with Crippen molar-refractivity contribution in [1.82, 2.24) is 15.0 Å². The molecule has 1 aliphatic heterocycles. The van der Waals surface area contributed by atoms with E-state index in [9.17, 15) is 0 Å². The van der Waals surface area contributed by atoms with E-state index in [1.54, 1.807) is 0 Å². The maximum Gasteiger partial charge on any atom is 0.240 e. The summed E-state index contributed by atoms with van der Waals surface area (Å²) in [6.07, 6.45) is 2.43. The van der Waals surface area contributed by atoms with Gasteiger partial charge in [0.15, 0.2) is 5.82 Å². The van der Waals surface area contributed by atoms with Gasteiger partial charge in [-0.05, 0) is 12.8 Å². The zero-order valence-corrected chi connectivity index (χ0v) is 8.02. The van der Waals surface area contributed by atoms with Crippen LogP contribution in [0.1, 0.15) is 30.5 Å². The van der Waals surface area contributed by atoms with Crippen molar-refractivity contribution in [1.29, 1.82) is 0 Å². The Morgan fingerprint density at radius 2 is 2.21 bits per heavy atom. The number of nitrogens with two attached hydrogens (primary N) is 1. The molecule has 5 nitrogen and oxygen atoms in total. The second kappa shape index (κ2) is 3.03. The fourth-order valence-electron chi connectivity index (χ4n) is 1.77. The molecule has 1 aromatic rings. The number of hydrogen-bond donors (Lipinski definition) is 1. The average molecular weight is 194 g/mol. The number of hydrogen-bond acceptors (Lipinski definition) is 5. The quantitative estimate of drug-likeness (QED) is 0.738. The molecule has 1 saturated heterocycles. The SMILES string of the molecule is NC1CN(Cc2nc(C3CC3)no2)C1. The smallest absolute Gasteiger partial charge is 0.240 e. The Kier molecular flexibility index (Phi) is 1.81. The molecule has 0 bridgehead atoms. The van der Waals surface area contributed by atoms with Crippen molar-refractivity contribution in [2.75, 3.05) is 13.1 Å². The standard InChI is InChI=1S/C9H14N4O/c10-7-3-13(4-7)5-8-11-9(12-14-8)6-1-2-6/h6-7H,1-5,10H2. The molecule has 2 N–H and O–H groups in total. The van der Waals surface area contributed by atoms with Crippen LogP contribution >= 0.6 is 0 Å². The third-order valence-electron chi connectivity index (χ3n) is 2.77. The number of rotatable bonds is 3. The summed E-state index contributed by atoms with van der Waals surface area (Å²) in [6.45, 7) is 2.65. The lowest BCUT2D eigenvalue weighted by molar-refractivity contribution is 0.125. The summed E-state index contributed by atoms with van der Waals surface area (Å²) in [5.41, 5.74) is 5.68. The van der Waals surface area contributed by atoms with Gasteiger partial charge < -0.3 is 10.3 Å². The number of nitrogens with zero attached hydrogens (tertiary/aromatic N) is 3. The van der Waals surface area contributed by atoms with Crippen molar-refractivity contribution in [2.45, 2.75) is 31.3 Å². The van der Waals surface area contributed by atoms with E-state index < -0.39 is 0 Å². The van der Waals surface area contributed by atoms with Crippen LogP contribution in [0.25, 0.3) is 0 Å². The minimum Gasteiger partial charge on any atom is -0.338 e. The van der Waals surface area contributed by atoms with E-state index in [0.717, 1.165) is 31.3 Å². The molecule has 2 heterocycles. The Morgan fingerprint density at radius 1 is 1.43 bits per heavy atom. The van der Waals surface area contributed by atoms with Gasteiger partial charge in [0.25, 0.3) is 0 Å². The summed E-state index contributed by atoms with van der Waals surface area (Å²) in [4.78, 5) is 6.58. The van der Waals surface area contributed by atoms with Crippen LogP contribution in [-0.4, -0.2) is 34.2 Å². The second-order valence-corrected chi connectivity index (χ2v) is 4.27. The Labute approximate surface area is 82.3 Å². The Bertz CT molecular complexity index is 327. The van der Waals surface area contributed by atoms with Gasteiger partial charge in [0.2, 0.25) is 5.89 Å². The van der Waals surface area contributed by atoms with Gasteiger partial charge in [0, 0.05) is 25.0 Å². The van der Waals surface area contributed by atoms with Crippen molar-refractivity contribution in [3.63, 3.8) is 0 Å². The van der Waals surface area contributed by atoms with Crippen molar-refractivity contribution in [3.8, 4) is 0 Å². The monoisotopic (exact) mass is 194 g/mol. The van der Waals surface area contributed by atoms with Crippen LogP contribution in [0, 0.1) is 0 Å². The largest absolute Gasteiger partial charge is 0.338 e. The second-order valence-electron chi connectivity index (χ2n) is 4.27. The summed E-state index contributed by atoms with van der Waals surface area (Å²) < 4.78 is 5.16. The van der Waals surface area contributed by atoms with Gasteiger partial charge in [-0.25, -0.2) is 0 Å². The predicted octanol–water partition coefficient (Wildman–Crippen LogP) is 0.0899. The lowest BCUT2D eigenvalue weighted by Gasteiger charge is -2.35. The fourth-order valence-corrected chi connectivity index (χ4v) is 1.77. The normalized spacial score (nSPS) is 23.8. The van der Waals surface area contributed by atoms with Crippen LogP contribution in [0.5, 0.6) is 0 Å². The van der Waals surface area contributed by atoms with E-state index in [2.05, 4.69) is 15.0 Å². The van der Waals surface area contributed by atoms with Crippen LogP contribution in [-0.2, 0) is 6.54 Å². The van der Waals surface area contributed by atoms with Crippen LogP contribution in [0.3, 0.4) is 0 Å². The number of aromatic nitrogens is 2. The first-order valence-corrected chi connectivity index (χ1v) is 5.11. The Balaban J connectivity index is 1.60. The molecule has 14 heavy (non-hydrogen) atoms. The average Bonchev–Trinajstić information content (AvgIpc) is 2.86. The van der Waals surface area contributed by atoms with Gasteiger partial charge in [-0.2, -0.15) is 4.98 Å². The van der Waals surface area contributed by atoms with E-state index in [0.29, 0.717) is 12.0 Å². The highest BCUT2D eigenvalue weighted by atomic mass is 16.5. The summed E-state index contributed by atoms with van der Waals surface area (Å²) in [7, 11) is 0. The molecule has 1 aromatic heterocycles. The molecule has 0 aromatic carbocycles. The highest BCUT2D eigenvalue weighted by Gasteiger charge is 2.30. The van der Waals surface area contributed by atoms with Gasteiger partial charge in [0.1, 0.15) is 0 Å². The Morgan fingerprint density at radius 3 is 2.86 bits per heavy atom. The van der Waals surface area contributed by atoms with Crippen LogP contribution in [0.4, 0.5) is 0 Å². The van der Waals surface area contributed by atoms with Crippen molar-refractivity contribution in [3.05, 3.63) is 11.7 Å². The molecule has 1 saturated carbocycles. The van der Waals surface area contributed by atoms with Crippen LogP contribution in [0.2, 0.25) is 0 Å². The van der Waals surface area contributed by atoms with Gasteiger partial charge in [-0.15, -0.1) is 0 Å². The van der Waals surface area contributed by atoms with E-state index in [1.165, 1.54) is 12.8 Å². The molecule has 1 aliphatic carbocycles. The van der Waals surface area contributed by atoms with E-state index in [4.69, 9.17) is 10.3 Å². The van der Waals surface area contributed by atoms with E-state index in [1.807, 2.05) is 0 Å².